The molecule has 1 aromatic heterocycles. The Morgan fingerprint density at radius 2 is 2.30 bits per heavy atom. The summed E-state index contributed by atoms with van der Waals surface area (Å²) in [5.41, 5.74) is 10.9. The van der Waals surface area contributed by atoms with Gasteiger partial charge in [-0.1, -0.05) is 6.07 Å². The fourth-order valence-electron chi connectivity index (χ4n) is 1.86. The molecule has 1 amide bonds. The molecule has 6 heteroatoms. The average molecular weight is 290 g/mol. The minimum Gasteiger partial charge on any atom is -0.399 e. The van der Waals surface area contributed by atoms with E-state index in [0.717, 1.165) is 16.9 Å². The number of anilines is 2. The standard InChI is InChI=1S/C14H18N4OS/c1-10-3-4-11(15)5-13(10)17-14(19)7-18(2)6-12-8-20-9-16-12/h3-5,8-9H,6-7,15H2,1-2H3,(H,17,19). The van der Waals surface area contributed by atoms with Gasteiger partial charge in [0, 0.05) is 23.3 Å². The lowest BCUT2D eigenvalue weighted by Crippen LogP contribution is -2.30. The van der Waals surface area contributed by atoms with Gasteiger partial charge in [-0.3, -0.25) is 9.69 Å². The van der Waals surface area contributed by atoms with E-state index in [1.165, 1.54) is 0 Å². The van der Waals surface area contributed by atoms with Gasteiger partial charge in [0.25, 0.3) is 0 Å². The summed E-state index contributed by atoms with van der Waals surface area (Å²) < 4.78 is 0. The van der Waals surface area contributed by atoms with Crippen molar-refractivity contribution in [2.45, 2.75) is 13.5 Å². The lowest BCUT2D eigenvalue weighted by Gasteiger charge is -2.16. The predicted molar refractivity (Wildman–Crippen MR) is 82.7 cm³/mol. The van der Waals surface area contributed by atoms with Gasteiger partial charge in [0.15, 0.2) is 0 Å². The second kappa shape index (κ2) is 6.49. The lowest BCUT2D eigenvalue weighted by atomic mass is 10.2. The van der Waals surface area contributed by atoms with Crippen molar-refractivity contribution in [3.63, 3.8) is 0 Å². The molecule has 0 spiro atoms. The Kier molecular flexibility index (Phi) is 4.70. The summed E-state index contributed by atoms with van der Waals surface area (Å²) in [5.74, 6) is -0.0589. The minimum atomic E-state index is -0.0589. The molecule has 0 aliphatic rings. The number of hydrogen-bond donors (Lipinski definition) is 2. The Bertz CT molecular complexity index is 583. The Labute approximate surface area is 122 Å². The number of rotatable bonds is 5. The third kappa shape index (κ3) is 4.04. The molecule has 0 saturated heterocycles. The fraction of sp³-hybridized carbons (Fsp3) is 0.286. The first-order chi connectivity index (χ1) is 9.54. The van der Waals surface area contributed by atoms with Crippen LogP contribution in [0.3, 0.4) is 0 Å². The highest BCUT2D eigenvalue weighted by Gasteiger charge is 2.09. The van der Waals surface area contributed by atoms with E-state index >= 15 is 0 Å². The van der Waals surface area contributed by atoms with Crippen LogP contribution in [0.4, 0.5) is 11.4 Å². The molecule has 2 aromatic rings. The third-order valence-corrected chi connectivity index (χ3v) is 3.50. The molecular formula is C14H18N4OS. The highest BCUT2D eigenvalue weighted by atomic mass is 32.1. The number of aromatic nitrogens is 1. The number of nitrogens with two attached hydrogens (primary N) is 1. The highest BCUT2D eigenvalue weighted by molar-refractivity contribution is 7.07. The number of nitrogens with one attached hydrogen (secondary N) is 1. The summed E-state index contributed by atoms with van der Waals surface area (Å²) in [5, 5.41) is 4.87. The first kappa shape index (κ1) is 14.5. The van der Waals surface area contributed by atoms with Crippen LogP contribution in [-0.4, -0.2) is 29.4 Å². The molecule has 1 heterocycles. The Hall–Kier alpha value is -1.92. The molecule has 0 atom stereocenters. The zero-order valence-corrected chi connectivity index (χ0v) is 12.4. The Balaban J connectivity index is 1.90. The molecule has 2 rings (SSSR count). The van der Waals surface area contributed by atoms with Crippen LogP contribution in [0.2, 0.25) is 0 Å². The third-order valence-electron chi connectivity index (χ3n) is 2.86. The van der Waals surface area contributed by atoms with Crippen LogP contribution in [0.5, 0.6) is 0 Å². The summed E-state index contributed by atoms with van der Waals surface area (Å²) in [4.78, 5) is 18.1. The van der Waals surface area contributed by atoms with Crippen molar-refractivity contribution in [2.24, 2.45) is 0 Å². The summed E-state index contributed by atoms with van der Waals surface area (Å²) in [7, 11) is 1.89. The van der Waals surface area contributed by atoms with Gasteiger partial charge in [0.1, 0.15) is 0 Å². The van der Waals surface area contributed by atoms with Crippen molar-refractivity contribution >= 4 is 28.6 Å². The van der Waals surface area contributed by atoms with E-state index in [-0.39, 0.29) is 5.91 Å². The van der Waals surface area contributed by atoms with Gasteiger partial charge >= 0.3 is 0 Å². The van der Waals surface area contributed by atoms with Crippen molar-refractivity contribution in [1.82, 2.24) is 9.88 Å². The molecule has 0 radical (unpaired) electrons. The maximum atomic E-state index is 12.0. The number of amides is 1. The molecule has 0 aliphatic carbocycles. The Morgan fingerprint density at radius 3 is 3.00 bits per heavy atom. The van der Waals surface area contributed by atoms with Crippen molar-refractivity contribution in [3.8, 4) is 0 Å². The second-order valence-corrected chi connectivity index (χ2v) is 5.49. The van der Waals surface area contributed by atoms with E-state index in [1.54, 1.807) is 22.9 Å². The van der Waals surface area contributed by atoms with E-state index in [4.69, 9.17) is 5.73 Å². The number of carbonyl (C=O) groups excluding carboxylic acids is 1. The number of likely N-dealkylation sites (N-methyl/N-ethyl adjacent to an activating group) is 1. The Morgan fingerprint density at radius 1 is 1.50 bits per heavy atom. The van der Waals surface area contributed by atoms with Gasteiger partial charge in [-0.25, -0.2) is 4.98 Å². The summed E-state index contributed by atoms with van der Waals surface area (Å²) in [6.45, 7) is 2.91. The van der Waals surface area contributed by atoms with E-state index < -0.39 is 0 Å². The summed E-state index contributed by atoms with van der Waals surface area (Å²) in [6.07, 6.45) is 0. The van der Waals surface area contributed by atoms with E-state index in [1.807, 2.05) is 36.4 Å². The van der Waals surface area contributed by atoms with Crippen LogP contribution in [-0.2, 0) is 11.3 Å². The second-order valence-electron chi connectivity index (χ2n) is 4.77. The zero-order valence-electron chi connectivity index (χ0n) is 11.6. The monoisotopic (exact) mass is 290 g/mol. The molecule has 20 heavy (non-hydrogen) atoms. The predicted octanol–water partition coefficient (Wildman–Crippen LogP) is 2.10. The van der Waals surface area contributed by atoms with Gasteiger partial charge in [0.05, 0.1) is 17.7 Å². The first-order valence-corrected chi connectivity index (χ1v) is 7.20. The van der Waals surface area contributed by atoms with Gasteiger partial charge in [-0.15, -0.1) is 11.3 Å². The normalized spacial score (nSPS) is 10.8. The number of nitrogens with zero attached hydrogens (tertiary/aromatic N) is 2. The molecule has 0 saturated carbocycles. The molecule has 1 aromatic carbocycles. The van der Waals surface area contributed by atoms with Crippen LogP contribution < -0.4 is 11.1 Å². The molecule has 0 unspecified atom stereocenters. The maximum Gasteiger partial charge on any atom is 0.238 e. The topological polar surface area (TPSA) is 71.2 Å². The van der Waals surface area contributed by atoms with Gasteiger partial charge in [0.2, 0.25) is 5.91 Å². The van der Waals surface area contributed by atoms with E-state index in [0.29, 0.717) is 18.8 Å². The number of benzene rings is 1. The zero-order chi connectivity index (χ0) is 14.5. The summed E-state index contributed by atoms with van der Waals surface area (Å²) >= 11 is 1.55. The molecule has 0 fully saturated rings. The van der Waals surface area contributed by atoms with Crippen LogP contribution in [0.25, 0.3) is 0 Å². The molecule has 3 N–H and O–H groups in total. The largest absolute Gasteiger partial charge is 0.399 e. The van der Waals surface area contributed by atoms with Crippen molar-refractivity contribution in [1.29, 1.82) is 0 Å². The number of carbonyl (C=O) groups is 1. The van der Waals surface area contributed by atoms with E-state index in [9.17, 15) is 4.79 Å². The average Bonchev–Trinajstić information content (AvgIpc) is 2.86. The molecular weight excluding hydrogens is 272 g/mol. The van der Waals surface area contributed by atoms with Gasteiger partial charge in [-0.2, -0.15) is 0 Å². The van der Waals surface area contributed by atoms with E-state index in [2.05, 4.69) is 10.3 Å². The van der Waals surface area contributed by atoms with Crippen LogP contribution in [0.15, 0.2) is 29.1 Å². The quantitative estimate of drug-likeness (QED) is 0.827. The number of aryl methyl sites for hydroxylation is 1. The summed E-state index contributed by atoms with van der Waals surface area (Å²) in [6, 6.07) is 5.48. The SMILES string of the molecule is Cc1ccc(N)cc1NC(=O)CN(C)Cc1cscn1. The van der Waals surface area contributed by atoms with Crippen LogP contribution in [0, 0.1) is 6.92 Å². The van der Waals surface area contributed by atoms with Crippen LogP contribution in [0.1, 0.15) is 11.3 Å². The molecule has 0 aliphatic heterocycles. The smallest absolute Gasteiger partial charge is 0.238 e. The van der Waals surface area contributed by atoms with Crippen LogP contribution >= 0.6 is 11.3 Å². The first-order valence-electron chi connectivity index (χ1n) is 6.26. The highest BCUT2D eigenvalue weighted by Crippen LogP contribution is 2.18. The number of nitrogen functional groups attached to an aromatic ring is 1. The van der Waals surface area contributed by atoms with Gasteiger partial charge < -0.3 is 11.1 Å². The molecule has 0 bridgehead atoms. The van der Waals surface area contributed by atoms with Crippen molar-refractivity contribution in [3.05, 3.63) is 40.3 Å². The molecule has 106 valence electrons. The fourth-order valence-corrected chi connectivity index (χ4v) is 2.41. The molecule has 5 nitrogen and oxygen atoms in total. The minimum absolute atomic E-state index is 0.0589. The maximum absolute atomic E-state index is 12.0. The number of thiazole rings is 1. The van der Waals surface area contributed by atoms with Crippen molar-refractivity contribution in [2.75, 3.05) is 24.6 Å². The number of hydrogen-bond acceptors (Lipinski definition) is 5. The van der Waals surface area contributed by atoms with Crippen molar-refractivity contribution < 1.29 is 4.79 Å². The van der Waals surface area contributed by atoms with Gasteiger partial charge in [-0.05, 0) is 31.7 Å². The lowest BCUT2D eigenvalue weighted by molar-refractivity contribution is -0.117.